The largest absolute Gasteiger partial charge is 0.314 e. The van der Waals surface area contributed by atoms with Gasteiger partial charge in [-0.1, -0.05) is 20.8 Å². The first kappa shape index (κ1) is 15.0. The van der Waals surface area contributed by atoms with E-state index in [9.17, 15) is 8.42 Å². The van der Waals surface area contributed by atoms with Crippen molar-refractivity contribution in [2.24, 2.45) is 11.8 Å². The van der Waals surface area contributed by atoms with Crippen molar-refractivity contribution < 1.29 is 8.42 Å². The van der Waals surface area contributed by atoms with Crippen molar-refractivity contribution in [3.63, 3.8) is 0 Å². The lowest BCUT2D eigenvalue weighted by Crippen LogP contribution is -2.38. The van der Waals surface area contributed by atoms with E-state index in [0.29, 0.717) is 11.8 Å². The lowest BCUT2D eigenvalue weighted by atomic mass is 9.71. The Morgan fingerprint density at radius 3 is 2.35 bits per heavy atom. The summed E-state index contributed by atoms with van der Waals surface area (Å²) in [4.78, 5) is 0. The predicted octanol–water partition coefficient (Wildman–Crippen LogP) is 2.23. The minimum atomic E-state index is -2.76. The van der Waals surface area contributed by atoms with Gasteiger partial charge in [-0.25, -0.2) is 8.42 Å². The molecule has 2 unspecified atom stereocenters. The van der Waals surface area contributed by atoms with Gasteiger partial charge in [0, 0.05) is 11.8 Å². The highest BCUT2D eigenvalue weighted by Crippen LogP contribution is 2.37. The van der Waals surface area contributed by atoms with E-state index >= 15 is 0 Å². The second-order valence-electron chi connectivity index (χ2n) is 5.54. The van der Waals surface area contributed by atoms with Crippen LogP contribution in [0.4, 0.5) is 0 Å². The summed E-state index contributed by atoms with van der Waals surface area (Å²) in [6.45, 7) is 7.17. The molecule has 1 saturated carbocycles. The highest BCUT2D eigenvalue weighted by atomic mass is 32.2. The fraction of sp³-hybridized carbons (Fsp3) is 1.00. The number of nitrogens with one attached hydrogen (secondary N) is 1. The minimum Gasteiger partial charge on any atom is -0.314 e. The molecule has 1 rings (SSSR count). The third-order valence-electron chi connectivity index (χ3n) is 3.83. The Balaban J connectivity index is 2.16. The zero-order valence-electron chi connectivity index (χ0n) is 11.4. The Bertz CT molecular complexity index is 311. The summed E-state index contributed by atoms with van der Waals surface area (Å²) in [5, 5.41) is 3.48. The normalized spacial score (nSPS) is 24.9. The van der Waals surface area contributed by atoms with Crippen LogP contribution in [0.3, 0.4) is 0 Å². The van der Waals surface area contributed by atoms with E-state index < -0.39 is 9.84 Å². The molecule has 3 nitrogen and oxygen atoms in total. The molecule has 17 heavy (non-hydrogen) atoms. The van der Waals surface area contributed by atoms with Gasteiger partial charge >= 0.3 is 0 Å². The maximum atomic E-state index is 11.4. The van der Waals surface area contributed by atoms with Gasteiger partial charge in [-0.2, -0.15) is 0 Å². The fourth-order valence-electron chi connectivity index (χ4n) is 2.38. The molecular formula is C13H27NO2S. The quantitative estimate of drug-likeness (QED) is 0.729. The van der Waals surface area contributed by atoms with E-state index in [1.807, 2.05) is 0 Å². The summed E-state index contributed by atoms with van der Waals surface area (Å²) in [6, 6.07) is 0.553. The fourth-order valence-corrected chi connectivity index (χ4v) is 3.28. The van der Waals surface area contributed by atoms with E-state index in [4.69, 9.17) is 0 Å². The van der Waals surface area contributed by atoms with Crippen molar-refractivity contribution in [2.75, 3.05) is 18.1 Å². The second kappa shape index (κ2) is 6.74. The molecule has 1 N–H and O–H groups in total. The molecule has 0 radical (unpaired) electrons. The van der Waals surface area contributed by atoms with Crippen LogP contribution >= 0.6 is 0 Å². The van der Waals surface area contributed by atoms with Crippen molar-refractivity contribution in [1.82, 2.24) is 5.32 Å². The highest BCUT2D eigenvalue weighted by Gasteiger charge is 2.30. The maximum absolute atomic E-state index is 11.4. The summed E-state index contributed by atoms with van der Waals surface area (Å²) in [5.74, 6) is 2.20. The van der Waals surface area contributed by atoms with Crippen LogP contribution in [-0.4, -0.2) is 32.5 Å². The zero-order valence-corrected chi connectivity index (χ0v) is 12.2. The molecular weight excluding hydrogens is 234 g/mol. The summed E-state index contributed by atoms with van der Waals surface area (Å²) in [7, 11) is -2.76. The lowest BCUT2D eigenvalue weighted by molar-refractivity contribution is 0.156. The number of hydrogen-bond donors (Lipinski definition) is 1. The van der Waals surface area contributed by atoms with Crippen LogP contribution in [0.25, 0.3) is 0 Å². The molecule has 0 heterocycles. The van der Waals surface area contributed by atoms with Gasteiger partial charge in [-0.3, -0.25) is 0 Å². The van der Waals surface area contributed by atoms with Crippen LogP contribution in [-0.2, 0) is 9.84 Å². The molecule has 1 fully saturated rings. The first-order chi connectivity index (χ1) is 7.94. The summed E-state index contributed by atoms with van der Waals surface area (Å²) in [5.41, 5.74) is 0. The van der Waals surface area contributed by atoms with Crippen molar-refractivity contribution in [3.8, 4) is 0 Å². The van der Waals surface area contributed by atoms with E-state index in [1.165, 1.54) is 12.8 Å². The zero-order chi connectivity index (χ0) is 12.9. The molecule has 0 aromatic rings. The van der Waals surface area contributed by atoms with Gasteiger partial charge in [-0.15, -0.1) is 0 Å². The molecule has 0 saturated heterocycles. The summed E-state index contributed by atoms with van der Waals surface area (Å²) >= 11 is 0. The third-order valence-corrected chi connectivity index (χ3v) is 5.62. The average molecular weight is 261 g/mol. The predicted molar refractivity (Wildman–Crippen MR) is 72.9 cm³/mol. The second-order valence-corrected chi connectivity index (χ2v) is 8.01. The van der Waals surface area contributed by atoms with Gasteiger partial charge in [0.25, 0.3) is 0 Å². The van der Waals surface area contributed by atoms with Crippen LogP contribution in [0.2, 0.25) is 0 Å². The molecule has 0 aromatic heterocycles. The van der Waals surface area contributed by atoms with Crippen LogP contribution in [0.15, 0.2) is 0 Å². The van der Waals surface area contributed by atoms with Gasteiger partial charge in [0.05, 0.1) is 5.75 Å². The number of sulfone groups is 1. The number of hydrogen-bond acceptors (Lipinski definition) is 3. The van der Waals surface area contributed by atoms with Gasteiger partial charge in [0.15, 0.2) is 0 Å². The van der Waals surface area contributed by atoms with Crippen LogP contribution in [0, 0.1) is 11.8 Å². The molecule has 102 valence electrons. The summed E-state index contributed by atoms with van der Waals surface area (Å²) in [6.07, 6.45) is 4.53. The van der Waals surface area contributed by atoms with E-state index in [1.54, 1.807) is 6.92 Å². The minimum absolute atomic E-state index is 0.288. The Kier molecular flexibility index (Phi) is 5.93. The monoisotopic (exact) mass is 261 g/mol. The van der Waals surface area contributed by atoms with E-state index in [2.05, 4.69) is 19.2 Å². The first-order valence-electron chi connectivity index (χ1n) is 6.88. The third kappa shape index (κ3) is 5.38. The van der Waals surface area contributed by atoms with E-state index in [-0.39, 0.29) is 5.75 Å². The van der Waals surface area contributed by atoms with Crippen molar-refractivity contribution in [2.45, 2.75) is 52.5 Å². The van der Waals surface area contributed by atoms with Crippen LogP contribution in [0.5, 0.6) is 0 Å². The highest BCUT2D eigenvalue weighted by molar-refractivity contribution is 7.91. The first-order valence-corrected chi connectivity index (χ1v) is 8.70. The van der Waals surface area contributed by atoms with Crippen molar-refractivity contribution in [1.29, 1.82) is 0 Å². The smallest absolute Gasteiger partial charge is 0.150 e. The van der Waals surface area contributed by atoms with E-state index in [0.717, 1.165) is 31.2 Å². The Labute approximate surface area is 106 Å². The topological polar surface area (TPSA) is 46.2 Å². The molecule has 2 atom stereocenters. The molecule has 1 aliphatic rings. The van der Waals surface area contributed by atoms with Crippen LogP contribution in [0.1, 0.15) is 46.5 Å². The van der Waals surface area contributed by atoms with Gasteiger partial charge in [-0.05, 0) is 44.1 Å². The molecule has 0 spiro atoms. The molecule has 0 bridgehead atoms. The van der Waals surface area contributed by atoms with Gasteiger partial charge < -0.3 is 5.32 Å². The van der Waals surface area contributed by atoms with Gasteiger partial charge in [0.1, 0.15) is 9.84 Å². The Morgan fingerprint density at radius 1 is 1.24 bits per heavy atom. The maximum Gasteiger partial charge on any atom is 0.150 e. The molecule has 0 aliphatic heterocycles. The molecule has 4 heteroatoms. The Morgan fingerprint density at radius 2 is 1.88 bits per heavy atom. The SMILES string of the molecule is CCS(=O)(=O)CCCC1CCC1CNC(C)C. The van der Waals surface area contributed by atoms with Gasteiger partial charge in [0.2, 0.25) is 0 Å². The molecule has 1 aliphatic carbocycles. The lowest BCUT2D eigenvalue weighted by Gasteiger charge is -2.37. The molecule has 0 aromatic carbocycles. The summed E-state index contributed by atoms with van der Waals surface area (Å²) < 4.78 is 22.7. The average Bonchev–Trinajstić information content (AvgIpc) is 2.22. The number of rotatable bonds is 8. The molecule has 0 amide bonds. The standard InChI is InChI=1S/C13H27NO2S/c1-4-17(15,16)9-5-6-12-7-8-13(12)10-14-11(2)3/h11-14H,4-10H2,1-3H3. The van der Waals surface area contributed by atoms with Crippen LogP contribution < -0.4 is 5.32 Å². The van der Waals surface area contributed by atoms with Crippen molar-refractivity contribution >= 4 is 9.84 Å². The Hall–Kier alpha value is -0.0900. The van der Waals surface area contributed by atoms with Crippen molar-refractivity contribution in [3.05, 3.63) is 0 Å².